The van der Waals surface area contributed by atoms with Crippen LogP contribution in [0.1, 0.15) is 5.56 Å². The largest absolute Gasteiger partial charge is 0.354 e. The van der Waals surface area contributed by atoms with Crippen LogP contribution >= 0.6 is 0 Å². The van der Waals surface area contributed by atoms with Crippen molar-refractivity contribution in [1.82, 2.24) is 10.6 Å². The van der Waals surface area contributed by atoms with Crippen LogP contribution in [0, 0.1) is 11.6 Å². The first-order valence-electron chi connectivity index (χ1n) is 7.35. The van der Waals surface area contributed by atoms with Crippen LogP contribution in [-0.4, -0.2) is 25.0 Å². The van der Waals surface area contributed by atoms with Crippen molar-refractivity contribution < 1.29 is 18.4 Å². The summed E-state index contributed by atoms with van der Waals surface area (Å²) in [6.45, 7) is 0.197. The highest BCUT2D eigenvalue weighted by atomic mass is 19.1. The second-order valence-corrected chi connectivity index (χ2v) is 5.02. The molecular formula is C17H17F2N3O2. The van der Waals surface area contributed by atoms with Crippen LogP contribution in [0.4, 0.5) is 19.3 Å². The van der Waals surface area contributed by atoms with Crippen LogP contribution in [0.2, 0.25) is 0 Å². The summed E-state index contributed by atoms with van der Waals surface area (Å²) < 4.78 is 26.1. The Labute approximate surface area is 138 Å². The number of anilines is 1. The quantitative estimate of drug-likeness (QED) is 0.760. The summed E-state index contributed by atoms with van der Waals surface area (Å²) in [6.07, 6.45) is 0.680. The van der Waals surface area contributed by atoms with E-state index in [1.54, 1.807) is 0 Å². The van der Waals surface area contributed by atoms with Gasteiger partial charge < -0.3 is 16.0 Å². The molecule has 0 aliphatic heterocycles. The number of amides is 3. The second kappa shape index (κ2) is 8.61. The molecule has 0 bridgehead atoms. The van der Waals surface area contributed by atoms with E-state index in [4.69, 9.17) is 0 Å². The topological polar surface area (TPSA) is 70.2 Å². The van der Waals surface area contributed by atoms with Gasteiger partial charge in [0.1, 0.15) is 11.6 Å². The minimum Gasteiger partial charge on any atom is -0.354 e. The van der Waals surface area contributed by atoms with Crippen molar-refractivity contribution in [2.45, 2.75) is 6.42 Å². The fraction of sp³-hybridized carbons (Fsp3) is 0.176. The molecule has 0 spiro atoms. The highest BCUT2D eigenvalue weighted by Crippen LogP contribution is 2.14. The molecule has 5 nitrogen and oxygen atoms in total. The molecular weight excluding hydrogens is 316 g/mol. The third-order valence-corrected chi connectivity index (χ3v) is 3.17. The summed E-state index contributed by atoms with van der Waals surface area (Å²) in [7, 11) is 0. The molecule has 2 aromatic rings. The highest BCUT2D eigenvalue weighted by molar-refractivity contribution is 5.92. The molecule has 0 aliphatic rings. The molecule has 126 valence electrons. The molecule has 0 atom stereocenters. The lowest BCUT2D eigenvalue weighted by Gasteiger charge is -2.09. The summed E-state index contributed by atoms with van der Waals surface area (Å²) in [5.41, 5.74) is 0.925. The molecule has 2 aromatic carbocycles. The summed E-state index contributed by atoms with van der Waals surface area (Å²) in [4.78, 5) is 23.2. The average molecular weight is 333 g/mol. The van der Waals surface area contributed by atoms with Gasteiger partial charge in [-0.3, -0.25) is 4.79 Å². The van der Waals surface area contributed by atoms with Crippen molar-refractivity contribution in [2.75, 3.05) is 18.4 Å². The lowest BCUT2D eigenvalue weighted by Crippen LogP contribution is -2.39. The Morgan fingerprint density at radius 3 is 2.42 bits per heavy atom. The third-order valence-electron chi connectivity index (χ3n) is 3.17. The predicted octanol–water partition coefficient (Wildman–Crippen LogP) is 2.45. The van der Waals surface area contributed by atoms with Gasteiger partial charge in [-0.15, -0.1) is 0 Å². The van der Waals surface area contributed by atoms with Gasteiger partial charge in [0.25, 0.3) is 0 Å². The van der Waals surface area contributed by atoms with E-state index in [0.717, 1.165) is 17.7 Å². The fourth-order valence-electron chi connectivity index (χ4n) is 1.97. The van der Waals surface area contributed by atoms with E-state index in [1.807, 2.05) is 30.3 Å². The highest BCUT2D eigenvalue weighted by Gasteiger charge is 2.09. The van der Waals surface area contributed by atoms with E-state index in [-0.39, 0.29) is 18.1 Å². The van der Waals surface area contributed by atoms with E-state index in [2.05, 4.69) is 16.0 Å². The molecule has 0 fully saturated rings. The Hall–Kier alpha value is -2.96. The van der Waals surface area contributed by atoms with Crippen molar-refractivity contribution in [2.24, 2.45) is 0 Å². The van der Waals surface area contributed by atoms with Crippen LogP contribution in [0.15, 0.2) is 48.5 Å². The number of halogens is 2. The number of benzene rings is 2. The minimum absolute atomic E-state index is 0.168. The Balaban J connectivity index is 1.68. The van der Waals surface area contributed by atoms with Crippen LogP contribution in [0.5, 0.6) is 0 Å². The number of hydrogen-bond acceptors (Lipinski definition) is 2. The number of nitrogens with one attached hydrogen (secondary N) is 3. The molecule has 0 aliphatic carbocycles. The van der Waals surface area contributed by atoms with Crippen molar-refractivity contribution in [3.8, 4) is 0 Å². The van der Waals surface area contributed by atoms with Gasteiger partial charge in [-0.2, -0.15) is 0 Å². The third kappa shape index (κ3) is 5.68. The molecule has 0 radical (unpaired) electrons. The summed E-state index contributed by atoms with van der Waals surface area (Å²) in [6, 6.07) is 11.7. The van der Waals surface area contributed by atoms with Crippen LogP contribution < -0.4 is 16.0 Å². The van der Waals surface area contributed by atoms with Gasteiger partial charge in [0.05, 0.1) is 12.2 Å². The first-order valence-corrected chi connectivity index (χ1v) is 7.35. The maximum absolute atomic E-state index is 13.4. The molecule has 2 rings (SSSR count). The number of hydrogen-bond donors (Lipinski definition) is 3. The summed E-state index contributed by atoms with van der Waals surface area (Å²) in [5, 5.41) is 7.17. The summed E-state index contributed by atoms with van der Waals surface area (Å²) >= 11 is 0. The van der Waals surface area contributed by atoms with Crippen molar-refractivity contribution in [1.29, 1.82) is 0 Å². The van der Waals surface area contributed by atoms with E-state index in [1.165, 1.54) is 0 Å². The van der Waals surface area contributed by atoms with Crippen LogP contribution in [0.3, 0.4) is 0 Å². The van der Waals surface area contributed by atoms with Gasteiger partial charge in [-0.1, -0.05) is 30.3 Å². The monoisotopic (exact) mass is 333 g/mol. The van der Waals surface area contributed by atoms with Crippen molar-refractivity contribution in [3.63, 3.8) is 0 Å². The Morgan fingerprint density at radius 1 is 0.958 bits per heavy atom. The summed E-state index contributed by atoms with van der Waals surface area (Å²) in [5.74, 6) is -1.99. The van der Waals surface area contributed by atoms with Crippen molar-refractivity contribution >= 4 is 17.6 Å². The molecule has 24 heavy (non-hydrogen) atoms. The molecule has 3 N–H and O–H groups in total. The van der Waals surface area contributed by atoms with E-state index < -0.39 is 17.7 Å². The number of rotatable bonds is 6. The van der Waals surface area contributed by atoms with Gasteiger partial charge in [0, 0.05) is 12.6 Å². The molecule has 7 heteroatoms. The molecule has 0 saturated carbocycles. The van der Waals surface area contributed by atoms with Crippen LogP contribution in [-0.2, 0) is 11.2 Å². The van der Waals surface area contributed by atoms with Gasteiger partial charge in [-0.05, 0) is 24.1 Å². The molecule has 0 aromatic heterocycles. The first-order chi connectivity index (χ1) is 11.5. The number of carbonyl (C=O) groups is 2. The SMILES string of the molecule is O=C(CNC(=O)Nc1ccc(F)cc1F)NCCc1ccccc1. The van der Waals surface area contributed by atoms with Crippen LogP contribution in [0.25, 0.3) is 0 Å². The van der Waals surface area contributed by atoms with Crippen molar-refractivity contribution in [3.05, 3.63) is 65.7 Å². The zero-order valence-corrected chi connectivity index (χ0v) is 12.8. The molecule has 0 heterocycles. The number of urea groups is 1. The Kier molecular flexibility index (Phi) is 6.24. The Bertz CT molecular complexity index is 708. The fourth-order valence-corrected chi connectivity index (χ4v) is 1.97. The molecule has 3 amide bonds. The van der Waals surface area contributed by atoms with Gasteiger partial charge in [-0.25, -0.2) is 13.6 Å². The lowest BCUT2D eigenvalue weighted by atomic mass is 10.1. The average Bonchev–Trinajstić information content (AvgIpc) is 2.56. The molecule has 0 saturated heterocycles. The zero-order valence-electron chi connectivity index (χ0n) is 12.8. The minimum atomic E-state index is -0.891. The zero-order chi connectivity index (χ0) is 17.4. The predicted molar refractivity (Wildman–Crippen MR) is 86.5 cm³/mol. The van der Waals surface area contributed by atoms with Gasteiger partial charge in [0.15, 0.2) is 0 Å². The van der Waals surface area contributed by atoms with E-state index in [9.17, 15) is 18.4 Å². The molecule has 0 unspecified atom stereocenters. The van der Waals surface area contributed by atoms with Gasteiger partial charge in [0.2, 0.25) is 5.91 Å². The number of carbonyl (C=O) groups excluding carboxylic acids is 2. The smallest absolute Gasteiger partial charge is 0.319 e. The second-order valence-electron chi connectivity index (χ2n) is 5.02. The maximum Gasteiger partial charge on any atom is 0.319 e. The Morgan fingerprint density at radius 2 is 1.71 bits per heavy atom. The van der Waals surface area contributed by atoms with E-state index in [0.29, 0.717) is 19.0 Å². The first kappa shape index (κ1) is 17.4. The van der Waals surface area contributed by atoms with E-state index >= 15 is 0 Å². The lowest BCUT2D eigenvalue weighted by molar-refractivity contribution is -0.120. The van der Waals surface area contributed by atoms with Gasteiger partial charge >= 0.3 is 6.03 Å². The standard InChI is InChI=1S/C17H17F2N3O2/c18-13-6-7-15(14(19)10-13)22-17(24)21-11-16(23)20-9-8-12-4-2-1-3-5-12/h1-7,10H,8-9,11H2,(H,20,23)(H2,21,22,24). The maximum atomic E-state index is 13.4. The normalized spacial score (nSPS) is 10.1.